The van der Waals surface area contributed by atoms with Gasteiger partial charge in [-0.25, -0.2) is 14.4 Å². The minimum Gasteiger partial charge on any atom is -0.478 e. The molecule has 0 unspecified atom stereocenters. The Labute approximate surface area is 77.3 Å². The quantitative estimate of drug-likeness (QED) is 0.234. The van der Waals surface area contributed by atoms with Crippen molar-refractivity contribution in [1.82, 2.24) is 0 Å². The highest BCUT2D eigenvalue weighted by atomic mass is 16.4. The van der Waals surface area contributed by atoms with Crippen molar-refractivity contribution in [3.63, 3.8) is 0 Å². The molecule has 0 aromatic rings. The third kappa shape index (κ3) is 2.41. The Morgan fingerprint density at radius 1 is 0.786 bits per heavy atom. The lowest BCUT2D eigenvalue weighted by atomic mass is 10.1. The zero-order chi connectivity index (χ0) is 11.5. The molecule has 0 fully saturated rings. The van der Waals surface area contributed by atoms with Gasteiger partial charge in [0, 0.05) is 0 Å². The molecule has 0 aliphatic heterocycles. The second-order valence-corrected chi connectivity index (χ2v) is 2.24. The Bertz CT molecular complexity index is 349. The Morgan fingerprint density at radius 2 is 1.21 bits per heavy atom. The standard InChI is InChI=1S/C7H6O7/c1-2(5(9)10)3(6(11)12)4(8)7(13)14/h1H3,(H,9,10)(H,11,12)(H,13,14)/b3-2-. The molecule has 7 nitrogen and oxygen atoms in total. The summed E-state index contributed by atoms with van der Waals surface area (Å²) in [5.41, 5.74) is -2.06. The second kappa shape index (κ2) is 4.17. The van der Waals surface area contributed by atoms with Crippen LogP contribution in [0.5, 0.6) is 0 Å². The Morgan fingerprint density at radius 3 is 1.43 bits per heavy atom. The summed E-state index contributed by atoms with van der Waals surface area (Å²) in [5.74, 6) is -7.30. The number of carbonyl (C=O) groups is 4. The van der Waals surface area contributed by atoms with Gasteiger partial charge in [0.1, 0.15) is 5.57 Å². The van der Waals surface area contributed by atoms with E-state index in [0.29, 0.717) is 0 Å². The number of carboxylic acids is 3. The zero-order valence-corrected chi connectivity index (χ0v) is 6.97. The van der Waals surface area contributed by atoms with E-state index in [1.807, 2.05) is 0 Å². The van der Waals surface area contributed by atoms with E-state index in [4.69, 9.17) is 15.3 Å². The van der Waals surface area contributed by atoms with E-state index >= 15 is 0 Å². The summed E-state index contributed by atoms with van der Waals surface area (Å²) in [7, 11) is 0. The highest BCUT2D eigenvalue weighted by molar-refractivity contribution is 6.46. The van der Waals surface area contributed by atoms with Crippen LogP contribution < -0.4 is 0 Å². The van der Waals surface area contributed by atoms with Gasteiger partial charge in [0.25, 0.3) is 5.78 Å². The normalized spacial score (nSPS) is 11.5. The van der Waals surface area contributed by atoms with Crippen LogP contribution in [0.15, 0.2) is 11.1 Å². The van der Waals surface area contributed by atoms with E-state index in [0.717, 1.165) is 6.92 Å². The largest absolute Gasteiger partial charge is 0.478 e. The van der Waals surface area contributed by atoms with Crippen LogP contribution in [0.2, 0.25) is 0 Å². The number of carbonyl (C=O) groups excluding carboxylic acids is 1. The number of aliphatic carboxylic acids is 3. The third-order valence-electron chi connectivity index (χ3n) is 1.33. The molecule has 0 aromatic heterocycles. The van der Waals surface area contributed by atoms with Crippen molar-refractivity contribution >= 4 is 23.7 Å². The number of carboxylic acid groups (broad SMARTS) is 3. The van der Waals surface area contributed by atoms with Crippen molar-refractivity contribution in [3.05, 3.63) is 11.1 Å². The van der Waals surface area contributed by atoms with Crippen LogP contribution >= 0.6 is 0 Å². The van der Waals surface area contributed by atoms with Gasteiger partial charge in [-0.2, -0.15) is 0 Å². The van der Waals surface area contributed by atoms with Crippen molar-refractivity contribution in [2.45, 2.75) is 6.92 Å². The van der Waals surface area contributed by atoms with Crippen molar-refractivity contribution in [1.29, 1.82) is 0 Å². The highest BCUT2D eigenvalue weighted by Gasteiger charge is 2.28. The molecule has 14 heavy (non-hydrogen) atoms. The van der Waals surface area contributed by atoms with Gasteiger partial charge in [-0.3, -0.25) is 4.79 Å². The van der Waals surface area contributed by atoms with Gasteiger partial charge in [-0.05, 0) is 6.92 Å². The van der Waals surface area contributed by atoms with Gasteiger partial charge in [0.2, 0.25) is 0 Å². The minimum atomic E-state index is -2.01. The molecule has 0 atom stereocenters. The van der Waals surface area contributed by atoms with Crippen LogP contribution in [0.25, 0.3) is 0 Å². The molecule has 7 heteroatoms. The van der Waals surface area contributed by atoms with Crippen LogP contribution in [0.4, 0.5) is 0 Å². The van der Waals surface area contributed by atoms with Gasteiger partial charge in [-0.1, -0.05) is 0 Å². The monoisotopic (exact) mass is 202 g/mol. The Hall–Kier alpha value is -2.18. The first-order chi connectivity index (χ1) is 6.29. The first-order valence-corrected chi connectivity index (χ1v) is 3.24. The third-order valence-corrected chi connectivity index (χ3v) is 1.33. The van der Waals surface area contributed by atoms with Crippen LogP contribution in [0.1, 0.15) is 6.92 Å². The average molecular weight is 202 g/mol. The summed E-state index contributed by atoms with van der Waals surface area (Å²) in [6.45, 7) is 0.840. The first-order valence-electron chi connectivity index (χ1n) is 3.24. The molecule has 0 bridgehead atoms. The molecule has 0 heterocycles. The summed E-state index contributed by atoms with van der Waals surface area (Å²) < 4.78 is 0. The Kier molecular flexibility index (Phi) is 3.52. The molecule has 0 saturated carbocycles. The van der Waals surface area contributed by atoms with E-state index in [1.54, 1.807) is 0 Å². The summed E-state index contributed by atoms with van der Waals surface area (Å²) >= 11 is 0. The molecule has 0 rings (SSSR count). The van der Waals surface area contributed by atoms with Crippen LogP contribution in [-0.2, 0) is 19.2 Å². The van der Waals surface area contributed by atoms with Gasteiger partial charge in [-0.15, -0.1) is 0 Å². The second-order valence-electron chi connectivity index (χ2n) is 2.24. The SMILES string of the molecule is C/C(C(=O)O)=C(/C(=O)O)C(=O)C(=O)O. The van der Waals surface area contributed by atoms with Crippen molar-refractivity contribution in [2.24, 2.45) is 0 Å². The molecule has 3 N–H and O–H groups in total. The van der Waals surface area contributed by atoms with Gasteiger partial charge >= 0.3 is 17.9 Å². The highest BCUT2D eigenvalue weighted by Crippen LogP contribution is 2.06. The van der Waals surface area contributed by atoms with E-state index in [2.05, 4.69) is 0 Å². The topological polar surface area (TPSA) is 129 Å². The fraction of sp³-hybridized carbons (Fsp3) is 0.143. The lowest BCUT2D eigenvalue weighted by molar-refractivity contribution is -0.149. The van der Waals surface area contributed by atoms with E-state index < -0.39 is 34.8 Å². The van der Waals surface area contributed by atoms with Crippen LogP contribution in [-0.4, -0.2) is 39.0 Å². The van der Waals surface area contributed by atoms with Gasteiger partial charge < -0.3 is 15.3 Å². The number of rotatable bonds is 4. The molecule has 0 aliphatic rings. The lowest BCUT2D eigenvalue weighted by Gasteiger charge is -1.99. The van der Waals surface area contributed by atoms with E-state index in [9.17, 15) is 19.2 Å². The zero-order valence-electron chi connectivity index (χ0n) is 6.97. The number of Topliss-reactive ketones (excluding diaryl/α,β-unsaturated/α-hetero) is 1. The minimum absolute atomic E-state index is 0.815. The molecule has 0 spiro atoms. The van der Waals surface area contributed by atoms with Gasteiger partial charge in [0.15, 0.2) is 0 Å². The molecule has 0 radical (unpaired) electrons. The molecule has 0 saturated heterocycles. The molecular formula is C7H6O7. The molecule has 76 valence electrons. The van der Waals surface area contributed by atoms with Crippen LogP contribution in [0, 0.1) is 0 Å². The maximum atomic E-state index is 10.7. The van der Waals surface area contributed by atoms with Crippen molar-refractivity contribution < 1.29 is 34.5 Å². The summed E-state index contributed by atoms with van der Waals surface area (Å²) in [6, 6.07) is 0. The van der Waals surface area contributed by atoms with E-state index in [-0.39, 0.29) is 0 Å². The molecule has 0 aromatic carbocycles. The average Bonchev–Trinajstić information content (AvgIpc) is 2.03. The van der Waals surface area contributed by atoms with Crippen molar-refractivity contribution in [2.75, 3.05) is 0 Å². The summed E-state index contributed by atoms with van der Waals surface area (Å²) in [4.78, 5) is 41.6. The smallest absolute Gasteiger partial charge is 0.377 e. The Balaban J connectivity index is 5.48. The molecule has 0 aliphatic carbocycles. The van der Waals surface area contributed by atoms with E-state index in [1.165, 1.54) is 0 Å². The summed E-state index contributed by atoms with van der Waals surface area (Å²) in [6.07, 6.45) is 0. The summed E-state index contributed by atoms with van der Waals surface area (Å²) in [5, 5.41) is 25.0. The number of hydrogen-bond donors (Lipinski definition) is 3. The van der Waals surface area contributed by atoms with Crippen LogP contribution in [0.3, 0.4) is 0 Å². The van der Waals surface area contributed by atoms with Crippen molar-refractivity contribution in [3.8, 4) is 0 Å². The maximum absolute atomic E-state index is 10.7. The maximum Gasteiger partial charge on any atom is 0.377 e. The first kappa shape index (κ1) is 11.8. The molecule has 0 amide bonds. The fourth-order valence-corrected chi connectivity index (χ4v) is 0.642. The number of hydrogen-bond acceptors (Lipinski definition) is 4. The van der Waals surface area contributed by atoms with Gasteiger partial charge in [0.05, 0.1) is 5.57 Å². The fourth-order valence-electron chi connectivity index (χ4n) is 0.642. The predicted octanol–water partition coefficient (Wildman–Crippen LogP) is -0.874. The predicted molar refractivity (Wildman–Crippen MR) is 40.6 cm³/mol. The number of ketones is 1. The molecular weight excluding hydrogens is 196 g/mol. The lowest BCUT2D eigenvalue weighted by Crippen LogP contribution is -2.24.